The van der Waals surface area contributed by atoms with Crippen molar-refractivity contribution in [2.75, 3.05) is 5.88 Å². The number of para-hydroxylation sites is 1. The Balaban J connectivity index is 2.11. The van der Waals surface area contributed by atoms with E-state index in [1.54, 1.807) is 0 Å². The highest BCUT2D eigenvalue weighted by Gasteiger charge is 2.05. The van der Waals surface area contributed by atoms with E-state index in [4.69, 9.17) is 11.6 Å². The van der Waals surface area contributed by atoms with Crippen molar-refractivity contribution in [1.29, 1.82) is 0 Å². The topological polar surface area (TPSA) is 24.9 Å². The van der Waals surface area contributed by atoms with Gasteiger partial charge in [-0.3, -0.25) is 4.98 Å². The Hall–Kier alpha value is -1.12. The van der Waals surface area contributed by atoms with Crippen molar-refractivity contribution in [2.24, 2.45) is 0 Å². The molecule has 2 aromatic rings. The first-order valence-electron chi connectivity index (χ1n) is 6.85. The Kier molecular flexibility index (Phi) is 5.17. The summed E-state index contributed by atoms with van der Waals surface area (Å²) in [6, 6.07) is 11.0. The molecule has 1 heterocycles. The fraction of sp³-hybridized carbons (Fsp3) is 0.438. The van der Waals surface area contributed by atoms with Crippen LogP contribution in [0.3, 0.4) is 0 Å². The molecule has 0 aliphatic carbocycles. The quantitative estimate of drug-likeness (QED) is 0.806. The summed E-state index contributed by atoms with van der Waals surface area (Å²) >= 11 is 5.73. The second-order valence-electron chi connectivity index (χ2n) is 5.05. The molecule has 3 heteroatoms. The van der Waals surface area contributed by atoms with Crippen LogP contribution in [0.15, 0.2) is 30.3 Å². The molecule has 0 spiro atoms. The van der Waals surface area contributed by atoms with Crippen LogP contribution in [0, 0.1) is 6.92 Å². The summed E-state index contributed by atoms with van der Waals surface area (Å²) < 4.78 is 0. The molecule has 19 heavy (non-hydrogen) atoms. The number of hydrogen-bond acceptors (Lipinski definition) is 2. The fourth-order valence-corrected chi connectivity index (χ4v) is 2.46. The molecule has 1 aromatic heterocycles. The van der Waals surface area contributed by atoms with Crippen molar-refractivity contribution >= 4 is 22.5 Å². The van der Waals surface area contributed by atoms with Crippen LogP contribution in [0.2, 0.25) is 0 Å². The van der Waals surface area contributed by atoms with Crippen LogP contribution in [0.4, 0.5) is 0 Å². The summed E-state index contributed by atoms with van der Waals surface area (Å²) in [5.41, 5.74) is 3.47. The SMILES string of the molecule is Cc1cc(CNC(C)CCCCl)c2ccccc2n1. The summed E-state index contributed by atoms with van der Waals surface area (Å²) in [5, 5.41) is 4.81. The molecule has 1 unspecified atom stereocenters. The number of halogens is 1. The molecule has 0 amide bonds. The number of rotatable bonds is 6. The van der Waals surface area contributed by atoms with Crippen molar-refractivity contribution in [1.82, 2.24) is 10.3 Å². The third kappa shape index (κ3) is 3.92. The smallest absolute Gasteiger partial charge is 0.0708 e. The number of nitrogens with one attached hydrogen (secondary N) is 1. The zero-order valence-corrected chi connectivity index (χ0v) is 12.4. The van der Waals surface area contributed by atoms with E-state index >= 15 is 0 Å². The number of benzene rings is 1. The van der Waals surface area contributed by atoms with Gasteiger partial charge in [-0.1, -0.05) is 18.2 Å². The molecule has 0 radical (unpaired) electrons. The monoisotopic (exact) mass is 276 g/mol. The molecule has 0 bridgehead atoms. The Bertz CT molecular complexity index is 539. The van der Waals surface area contributed by atoms with Gasteiger partial charge in [-0.05, 0) is 44.4 Å². The van der Waals surface area contributed by atoms with Gasteiger partial charge in [-0.25, -0.2) is 0 Å². The molecule has 102 valence electrons. The van der Waals surface area contributed by atoms with Gasteiger partial charge in [0.1, 0.15) is 0 Å². The van der Waals surface area contributed by atoms with Crippen molar-refractivity contribution in [3.63, 3.8) is 0 Å². The van der Waals surface area contributed by atoms with Crippen LogP contribution in [0.25, 0.3) is 10.9 Å². The van der Waals surface area contributed by atoms with Crippen molar-refractivity contribution in [2.45, 2.75) is 39.3 Å². The number of nitrogens with zero attached hydrogens (tertiary/aromatic N) is 1. The van der Waals surface area contributed by atoms with Gasteiger partial charge in [-0.2, -0.15) is 0 Å². The minimum absolute atomic E-state index is 0.492. The summed E-state index contributed by atoms with van der Waals surface area (Å²) in [6.45, 7) is 5.14. The largest absolute Gasteiger partial charge is 0.310 e. The lowest BCUT2D eigenvalue weighted by Gasteiger charge is -2.14. The van der Waals surface area contributed by atoms with Crippen molar-refractivity contribution in [3.8, 4) is 0 Å². The predicted molar refractivity (Wildman–Crippen MR) is 82.7 cm³/mol. The van der Waals surface area contributed by atoms with Gasteiger partial charge in [-0.15, -0.1) is 11.6 Å². The zero-order chi connectivity index (χ0) is 13.7. The van der Waals surface area contributed by atoms with E-state index in [2.05, 4.69) is 41.5 Å². The van der Waals surface area contributed by atoms with E-state index in [1.807, 2.05) is 13.0 Å². The lowest BCUT2D eigenvalue weighted by Crippen LogP contribution is -2.25. The zero-order valence-electron chi connectivity index (χ0n) is 11.6. The van der Waals surface area contributed by atoms with Gasteiger partial charge in [0.2, 0.25) is 0 Å². The molecule has 0 saturated heterocycles. The molecule has 1 N–H and O–H groups in total. The van der Waals surface area contributed by atoms with Crippen LogP contribution in [-0.2, 0) is 6.54 Å². The standard InChI is InChI=1S/C16H21ClN2/c1-12(6-5-9-17)18-11-14-10-13(2)19-16-8-4-3-7-15(14)16/h3-4,7-8,10,12,18H,5-6,9,11H2,1-2H3. The molecular weight excluding hydrogens is 256 g/mol. The molecule has 0 fully saturated rings. The van der Waals surface area contributed by atoms with E-state index < -0.39 is 0 Å². The molecule has 1 aromatic carbocycles. The Morgan fingerprint density at radius 3 is 2.89 bits per heavy atom. The highest BCUT2D eigenvalue weighted by atomic mass is 35.5. The van der Waals surface area contributed by atoms with Gasteiger partial charge < -0.3 is 5.32 Å². The molecule has 0 saturated carbocycles. The average molecular weight is 277 g/mol. The summed E-state index contributed by atoms with van der Waals surface area (Å²) in [4.78, 5) is 4.57. The number of fused-ring (bicyclic) bond motifs is 1. The molecular formula is C16H21ClN2. The van der Waals surface area contributed by atoms with Crippen LogP contribution < -0.4 is 5.32 Å². The summed E-state index contributed by atoms with van der Waals surface area (Å²) in [7, 11) is 0. The van der Waals surface area contributed by atoms with E-state index in [9.17, 15) is 0 Å². The second kappa shape index (κ2) is 6.88. The maximum absolute atomic E-state index is 5.73. The summed E-state index contributed by atoms with van der Waals surface area (Å²) in [5.74, 6) is 0.739. The van der Waals surface area contributed by atoms with E-state index in [-0.39, 0.29) is 0 Å². The molecule has 0 aliphatic rings. The van der Waals surface area contributed by atoms with Crippen LogP contribution >= 0.6 is 11.6 Å². The number of alkyl halides is 1. The Morgan fingerprint density at radius 1 is 1.32 bits per heavy atom. The first kappa shape index (κ1) is 14.3. The molecule has 2 rings (SSSR count). The molecule has 1 atom stereocenters. The lowest BCUT2D eigenvalue weighted by atomic mass is 10.1. The first-order chi connectivity index (χ1) is 9.20. The lowest BCUT2D eigenvalue weighted by molar-refractivity contribution is 0.510. The van der Waals surface area contributed by atoms with Gasteiger partial charge in [0.15, 0.2) is 0 Å². The first-order valence-corrected chi connectivity index (χ1v) is 7.39. The number of aromatic nitrogens is 1. The minimum Gasteiger partial charge on any atom is -0.310 e. The summed E-state index contributed by atoms with van der Waals surface area (Å²) in [6.07, 6.45) is 2.18. The van der Waals surface area contributed by atoms with Crippen LogP contribution in [0.1, 0.15) is 31.0 Å². The highest BCUT2D eigenvalue weighted by Crippen LogP contribution is 2.18. The normalized spacial score (nSPS) is 12.8. The minimum atomic E-state index is 0.492. The third-order valence-corrected chi connectivity index (χ3v) is 3.61. The van der Waals surface area contributed by atoms with Crippen LogP contribution in [-0.4, -0.2) is 16.9 Å². The second-order valence-corrected chi connectivity index (χ2v) is 5.43. The maximum Gasteiger partial charge on any atom is 0.0708 e. The molecule has 0 aliphatic heterocycles. The number of pyridine rings is 1. The maximum atomic E-state index is 5.73. The highest BCUT2D eigenvalue weighted by molar-refractivity contribution is 6.17. The van der Waals surface area contributed by atoms with E-state index in [0.717, 1.165) is 36.5 Å². The van der Waals surface area contributed by atoms with E-state index in [1.165, 1.54) is 10.9 Å². The van der Waals surface area contributed by atoms with Gasteiger partial charge in [0, 0.05) is 29.5 Å². The van der Waals surface area contributed by atoms with E-state index in [0.29, 0.717) is 6.04 Å². The van der Waals surface area contributed by atoms with Gasteiger partial charge >= 0.3 is 0 Å². The Labute approximate surface area is 120 Å². The predicted octanol–water partition coefficient (Wildman–Crippen LogP) is 4.04. The number of hydrogen-bond donors (Lipinski definition) is 1. The fourth-order valence-electron chi connectivity index (χ4n) is 2.31. The Morgan fingerprint density at radius 2 is 2.11 bits per heavy atom. The van der Waals surface area contributed by atoms with Crippen molar-refractivity contribution < 1.29 is 0 Å². The third-order valence-electron chi connectivity index (χ3n) is 3.34. The van der Waals surface area contributed by atoms with Crippen LogP contribution in [0.5, 0.6) is 0 Å². The van der Waals surface area contributed by atoms with Gasteiger partial charge in [0.05, 0.1) is 5.52 Å². The van der Waals surface area contributed by atoms with Crippen molar-refractivity contribution in [3.05, 3.63) is 41.6 Å². The number of aryl methyl sites for hydroxylation is 1. The average Bonchev–Trinajstić information content (AvgIpc) is 2.42. The van der Waals surface area contributed by atoms with Gasteiger partial charge in [0.25, 0.3) is 0 Å². The molecule has 2 nitrogen and oxygen atoms in total.